The van der Waals surface area contributed by atoms with Crippen LogP contribution >= 0.6 is 0 Å². The van der Waals surface area contributed by atoms with E-state index >= 15 is 0 Å². The number of hydrogen-bond acceptors (Lipinski definition) is 9. The lowest BCUT2D eigenvalue weighted by Crippen LogP contribution is -2.05. The molecule has 0 N–H and O–H groups in total. The summed E-state index contributed by atoms with van der Waals surface area (Å²) >= 11 is 0. The zero-order chi connectivity index (χ0) is 21.9. The molecule has 5 rings (SSSR count). The molecular formula is C20H16FN9O2. The van der Waals surface area contributed by atoms with Crippen LogP contribution in [0.5, 0.6) is 5.88 Å². The molecule has 0 spiro atoms. The zero-order valence-corrected chi connectivity index (χ0v) is 16.8. The number of nitrogens with zero attached hydrogens (tertiary/aromatic N) is 9. The van der Waals surface area contributed by atoms with Gasteiger partial charge < -0.3 is 9.26 Å². The first-order valence-corrected chi connectivity index (χ1v) is 9.55. The average Bonchev–Trinajstić information content (AvgIpc) is 3.56. The zero-order valence-electron chi connectivity index (χ0n) is 16.8. The fourth-order valence-electron chi connectivity index (χ4n) is 3.05. The van der Waals surface area contributed by atoms with Crippen molar-refractivity contribution in [1.29, 1.82) is 0 Å². The number of ether oxygens (including phenoxy) is 1. The Morgan fingerprint density at radius 3 is 2.72 bits per heavy atom. The van der Waals surface area contributed by atoms with Gasteiger partial charge >= 0.3 is 0 Å². The fourth-order valence-corrected chi connectivity index (χ4v) is 3.05. The van der Waals surface area contributed by atoms with Gasteiger partial charge in [-0.1, -0.05) is 29.4 Å². The molecule has 0 fully saturated rings. The summed E-state index contributed by atoms with van der Waals surface area (Å²) in [4.78, 5) is 8.40. The molecular weight excluding hydrogens is 417 g/mol. The molecule has 0 saturated heterocycles. The van der Waals surface area contributed by atoms with Gasteiger partial charge in [0.25, 0.3) is 5.89 Å². The molecule has 0 atom stereocenters. The van der Waals surface area contributed by atoms with Crippen LogP contribution in [0.15, 0.2) is 59.6 Å². The minimum atomic E-state index is -0.430. The van der Waals surface area contributed by atoms with Crippen LogP contribution in [0.2, 0.25) is 0 Å². The molecule has 0 amide bonds. The normalized spacial score (nSPS) is 11.1. The molecule has 0 saturated carbocycles. The van der Waals surface area contributed by atoms with E-state index in [1.165, 1.54) is 12.1 Å². The van der Waals surface area contributed by atoms with Gasteiger partial charge in [0.1, 0.15) is 18.8 Å². The molecule has 0 unspecified atom stereocenters. The number of aromatic nitrogens is 9. The van der Waals surface area contributed by atoms with Crippen LogP contribution in [0.1, 0.15) is 11.3 Å². The number of halogens is 1. The van der Waals surface area contributed by atoms with E-state index in [4.69, 9.17) is 9.26 Å². The van der Waals surface area contributed by atoms with Crippen LogP contribution in [-0.4, -0.2) is 45.1 Å². The topological polar surface area (TPSA) is 122 Å². The standard InChI is InChI=1S/C20H16FN9O2/c1-29-17(11-31-18-7-6-15(21)8-22-18)16(9-24-29)20-25-19(26-32-20)14-4-2-13(3-5-14)10-30-12-23-27-28-30/h2-9,12H,10-11H2,1H3. The second-order valence-electron chi connectivity index (χ2n) is 6.86. The van der Waals surface area contributed by atoms with Crippen LogP contribution in [0, 0.1) is 5.82 Å². The minimum Gasteiger partial charge on any atom is -0.471 e. The SMILES string of the molecule is Cn1ncc(-c2nc(-c3ccc(Cn4cnnn4)cc3)no2)c1COc1ccc(F)cn1. The lowest BCUT2D eigenvalue weighted by Gasteiger charge is -2.06. The summed E-state index contributed by atoms with van der Waals surface area (Å²) in [5.41, 5.74) is 3.19. The predicted octanol–water partition coefficient (Wildman–Crippen LogP) is 2.29. The number of aryl methyl sites for hydroxylation is 1. The highest BCUT2D eigenvalue weighted by Crippen LogP contribution is 2.26. The van der Waals surface area contributed by atoms with Crippen molar-refractivity contribution in [3.8, 4) is 28.7 Å². The Labute approximate surface area is 180 Å². The van der Waals surface area contributed by atoms with Crippen molar-refractivity contribution in [2.45, 2.75) is 13.2 Å². The third-order valence-electron chi connectivity index (χ3n) is 4.72. The molecule has 0 aliphatic rings. The highest BCUT2D eigenvalue weighted by Gasteiger charge is 2.18. The largest absolute Gasteiger partial charge is 0.471 e. The molecule has 5 aromatic rings. The van der Waals surface area contributed by atoms with Gasteiger partial charge in [0.15, 0.2) is 0 Å². The fraction of sp³-hybridized carbons (Fsp3) is 0.150. The number of pyridine rings is 1. The van der Waals surface area contributed by atoms with E-state index in [-0.39, 0.29) is 6.61 Å². The van der Waals surface area contributed by atoms with E-state index in [0.29, 0.717) is 35.4 Å². The predicted molar refractivity (Wildman–Crippen MR) is 107 cm³/mol. The average molecular weight is 433 g/mol. The number of hydrogen-bond donors (Lipinski definition) is 0. The Hall–Kier alpha value is -4.48. The molecule has 0 aliphatic carbocycles. The monoisotopic (exact) mass is 433 g/mol. The van der Waals surface area contributed by atoms with Gasteiger partial charge in [0, 0.05) is 18.7 Å². The van der Waals surface area contributed by atoms with Gasteiger partial charge in [-0.05, 0) is 22.1 Å². The Balaban J connectivity index is 1.33. The van der Waals surface area contributed by atoms with Crippen molar-refractivity contribution in [3.05, 3.63) is 72.2 Å². The summed E-state index contributed by atoms with van der Waals surface area (Å²) in [5.74, 6) is 0.633. The third-order valence-corrected chi connectivity index (χ3v) is 4.72. The highest BCUT2D eigenvalue weighted by molar-refractivity contribution is 5.61. The summed E-state index contributed by atoms with van der Waals surface area (Å²) in [5, 5.41) is 19.5. The first kappa shape index (κ1) is 19.5. The molecule has 0 radical (unpaired) electrons. The minimum absolute atomic E-state index is 0.147. The maximum Gasteiger partial charge on any atom is 0.261 e. The van der Waals surface area contributed by atoms with Crippen molar-refractivity contribution in [2.75, 3.05) is 0 Å². The summed E-state index contributed by atoms with van der Waals surface area (Å²) in [7, 11) is 1.78. The van der Waals surface area contributed by atoms with E-state index < -0.39 is 5.82 Å². The Morgan fingerprint density at radius 1 is 1.09 bits per heavy atom. The van der Waals surface area contributed by atoms with Crippen molar-refractivity contribution in [2.24, 2.45) is 7.05 Å². The lowest BCUT2D eigenvalue weighted by atomic mass is 10.1. The van der Waals surface area contributed by atoms with Gasteiger partial charge in [0.2, 0.25) is 11.7 Å². The molecule has 32 heavy (non-hydrogen) atoms. The van der Waals surface area contributed by atoms with Gasteiger partial charge in [-0.25, -0.2) is 14.1 Å². The van der Waals surface area contributed by atoms with Crippen LogP contribution in [0.25, 0.3) is 22.8 Å². The first-order chi connectivity index (χ1) is 15.7. The number of benzene rings is 1. The Bertz CT molecular complexity index is 1310. The quantitative estimate of drug-likeness (QED) is 0.380. The van der Waals surface area contributed by atoms with Crippen molar-refractivity contribution >= 4 is 0 Å². The maximum atomic E-state index is 13.0. The van der Waals surface area contributed by atoms with Crippen molar-refractivity contribution in [1.82, 2.24) is 45.1 Å². The molecule has 0 bridgehead atoms. The molecule has 12 heteroatoms. The summed E-state index contributed by atoms with van der Waals surface area (Å²) in [6, 6.07) is 10.5. The third kappa shape index (κ3) is 4.05. The first-order valence-electron chi connectivity index (χ1n) is 9.55. The van der Waals surface area contributed by atoms with Crippen LogP contribution in [0.3, 0.4) is 0 Å². The van der Waals surface area contributed by atoms with Crippen LogP contribution in [-0.2, 0) is 20.2 Å². The molecule has 4 aromatic heterocycles. The van der Waals surface area contributed by atoms with Crippen molar-refractivity contribution in [3.63, 3.8) is 0 Å². The molecule has 11 nitrogen and oxygen atoms in total. The molecule has 0 aliphatic heterocycles. The smallest absolute Gasteiger partial charge is 0.261 e. The van der Waals surface area contributed by atoms with E-state index in [9.17, 15) is 4.39 Å². The van der Waals surface area contributed by atoms with Crippen LogP contribution in [0.4, 0.5) is 4.39 Å². The lowest BCUT2D eigenvalue weighted by molar-refractivity contribution is 0.282. The second kappa shape index (κ2) is 8.34. The van der Waals surface area contributed by atoms with E-state index in [1.807, 2.05) is 24.3 Å². The van der Waals surface area contributed by atoms with E-state index in [2.05, 4.69) is 35.7 Å². The number of rotatable bonds is 7. The number of tetrazole rings is 1. The van der Waals surface area contributed by atoms with Gasteiger partial charge in [0.05, 0.1) is 30.2 Å². The second-order valence-corrected chi connectivity index (χ2v) is 6.86. The van der Waals surface area contributed by atoms with Crippen molar-refractivity contribution < 1.29 is 13.7 Å². The van der Waals surface area contributed by atoms with E-state index in [1.54, 1.807) is 28.9 Å². The Kier molecular flexibility index (Phi) is 5.07. The maximum absolute atomic E-state index is 13.0. The van der Waals surface area contributed by atoms with E-state index in [0.717, 1.165) is 17.3 Å². The molecule has 4 heterocycles. The summed E-state index contributed by atoms with van der Waals surface area (Å²) < 4.78 is 27.4. The van der Waals surface area contributed by atoms with Gasteiger partial charge in [-0.2, -0.15) is 10.1 Å². The molecule has 160 valence electrons. The summed E-state index contributed by atoms with van der Waals surface area (Å²) in [6.07, 6.45) is 4.28. The van der Waals surface area contributed by atoms with Gasteiger partial charge in [-0.3, -0.25) is 4.68 Å². The van der Waals surface area contributed by atoms with Crippen LogP contribution < -0.4 is 4.74 Å². The summed E-state index contributed by atoms with van der Waals surface area (Å²) in [6.45, 7) is 0.709. The van der Waals surface area contributed by atoms with Gasteiger partial charge in [-0.15, -0.1) is 5.10 Å². The Morgan fingerprint density at radius 2 is 1.97 bits per heavy atom. The highest BCUT2D eigenvalue weighted by atomic mass is 19.1. The molecule has 1 aromatic carbocycles.